The van der Waals surface area contributed by atoms with Crippen LogP contribution in [0.3, 0.4) is 0 Å². The lowest BCUT2D eigenvalue weighted by Crippen LogP contribution is -2.57. The van der Waals surface area contributed by atoms with Gasteiger partial charge in [0.05, 0.1) is 16.3 Å². The Morgan fingerprint density at radius 1 is 1.31 bits per heavy atom. The lowest BCUT2D eigenvalue weighted by atomic mass is 9.84. The van der Waals surface area contributed by atoms with Gasteiger partial charge in [-0.05, 0) is 63.6 Å². The van der Waals surface area contributed by atoms with Gasteiger partial charge in [0.1, 0.15) is 11.4 Å². The predicted molar refractivity (Wildman–Crippen MR) is 102 cm³/mol. The summed E-state index contributed by atoms with van der Waals surface area (Å²) >= 11 is 6.37. The molecule has 4 fully saturated rings. The van der Waals surface area contributed by atoms with E-state index < -0.39 is 0 Å². The maximum Gasteiger partial charge on any atom is 0.255 e. The number of hydrogen-bond acceptors (Lipinski definition) is 4. The minimum absolute atomic E-state index is 0.0723. The second kappa shape index (κ2) is 6.03. The summed E-state index contributed by atoms with van der Waals surface area (Å²) in [5.41, 5.74) is 8.12. The molecule has 0 radical (unpaired) electrons. The van der Waals surface area contributed by atoms with Crippen LogP contribution in [-0.2, 0) is 6.42 Å². The fourth-order valence-electron chi connectivity index (χ4n) is 5.41. The van der Waals surface area contributed by atoms with Gasteiger partial charge >= 0.3 is 0 Å². The van der Waals surface area contributed by atoms with Crippen LogP contribution >= 0.6 is 11.6 Å². The molecule has 26 heavy (non-hydrogen) atoms. The second-order valence-electron chi connectivity index (χ2n) is 8.51. The SMILES string of the molecule is Nc1c(Cl)cc(C(=O)NC2CN3CCC2CC3)c2c1CC1(CCCC1)O2. The van der Waals surface area contributed by atoms with E-state index in [2.05, 4.69) is 10.2 Å². The van der Waals surface area contributed by atoms with E-state index in [0.29, 0.717) is 27.9 Å². The molecular weight excluding hydrogens is 350 g/mol. The number of carbonyl (C=O) groups is 1. The van der Waals surface area contributed by atoms with Crippen molar-refractivity contribution in [1.82, 2.24) is 10.2 Å². The summed E-state index contributed by atoms with van der Waals surface area (Å²) in [6.07, 6.45) is 7.51. The predicted octanol–water partition coefficient (Wildman–Crippen LogP) is 2.99. The molecule has 1 aromatic rings. The van der Waals surface area contributed by atoms with Gasteiger partial charge < -0.3 is 20.7 Å². The number of rotatable bonds is 2. The average Bonchev–Trinajstić information content (AvgIpc) is 3.26. The van der Waals surface area contributed by atoms with Crippen LogP contribution in [0.15, 0.2) is 6.07 Å². The van der Waals surface area contributed by atoms with E-state index in [0.717, 1.165) is 44.5 Å². The Hall–Kier alpha value is -1.46. The molecule has 1 aromatic carbocycles. The zero-order valence-corrected chi connectivity index (χ0v) is 15.8. The van der Waals surface area contributed by atoms with Crippen molar-refractivity contribution in [3.05, 3.63) is 22.2 Å². The molecule has 1 aliphatic carbocycles. The molecule has 1 saturated carbocycles. The van der Waals surface area contributed by atoms with Gasteiger partial charge in [0.2, 0.25) is 0 Å². The summed E-state index contributed by atoms with van der Waals surface area (Å²) in [6, 6.07) is 1.92. The van der Waals surface area contributed by atoms with Gasteiger partial charge in [-0.15, -0.1) is 0 Å². The maximum atomic E-state index is 13.1. The van der Waals surface area contributed by atoms with Gasteiger partial charge in [-0.1, -0.05) is 11.6 Å². The highest BCUT2D eigenvalue weighted by Gasteiger charge is 2.45. The van der Waals surface area contributed by atoms with Crippen molar-refractivity contribution in [2.75, 3.05) is 25.4 Å². The number of hydrogen-bond donors (Lipinski definition) is 2. The number of nitrogen functional groups attached to an aromatic ring is 1. The number of nitrogens with two attached hydrogens (primary N) is 1. The summed E-state index contributed by atoms with van der Waals surface area (Å²) in [6.45, 7) is 3.27. The highest BCUT2D eigenvalue weighted by Crippen LogP contribution is 2.49. The van der Waals surface area contributed by atoms with Crippen LogP contribution in [0.25, 0.3) is 0 Å². The largest absolute Gasteiger partial charge is 0.486 e. The van der Waals surface area contributed by atoms with E-state index in [1.807, 2.05) is 0 Å². The first kappa shape index (κ1) is 16.7. The number of fused-ring (bicyclic) bond motifs is 4. The Bertz CT molecular complexity index is 752. The zero-order valence-electron chi connectivity index (χ0n) is 15.0. The molecule has 1 amide bonds. The Morgan fingerprint density at radius 3 is 2.69 bits per heavy atom. The first-order chi connectivity index (χ1) is 12.5. The van der Waals surface area contributed by atoms with Crippen LogP contribution < -0.4 is 15.8 Å². The molecule has 5 nitrogen and oxygen atoms in total. The van der Waals surface area contributed by atoms with Crippen LogP contribution in [-0.4, -0.2) is 42.1 Å². The number of carbonyl (C=O) groups excluding carboxylic acids is 1. The molecule has 140 valence electrons. The van der Waals surface area contributed by atoms with Gasteiger partial charge in [0, 0.05) is 24.6 Å². The standard InChI is InChI=1S/C20H26ClN3O2/c21-15-9-13(19(25)23-16-11-24-7-3-12(16)4-8-24)18-14(17(15)22)10-20(26-18)5-1-2-6-20/h9,12,16H,1-8,10-11,22H2,(H,23,25). The molecule has 1 unspecified atom stereocenters. The van der Waals surface area contributed by atoms with Crippen LogP contribution in [0, 0.1) is 5.92 Å². The van der Waals surface area contributed by atoms with Gasteiger partial charge in [-0.25, -0.2) is 0 Å². The van der Waals surface area contributed by atoms with Crippen molar-refractivity contribution in [3.63, 3.8) is 0 Å². The molecule has 2 bridgehead atoms. The Balaban J connectivity index is 1.44. The van der Waals surface area contributed by atoms with Gasteiger partial charge in [-0.3, -0.25) is 4.79 Å². The Labute approximate surface area is 159 Å². The molecule has 5 aliphatic rings. The number of ether oxygens (including phenoxy) is 1. The van der Waals surface area contributed by atoms with E-state index in [4.69, 9.17) is 22.1 Å². The molecule has 3 saturated heterocycles. The number of benzene rings is 1. The number of nitrogens with one attached hydrogen (secondary N) is 1. The van der Waals surface area contributed by atoms with E-state index in [1.165, 1.54) is 25.7 Å². The molecule has 4 heterocycles. The highest BCUT2D eigenvalue weighted by molar-refractivity contribution is 6.33. The minimum Gasteiger partial charge on any atom is -0.486 e. The molecule has 0 aromatic heterocycles. The van der Waals surface area contributed by atoms with E-state index >= 15 is 0 Å². The average molecular weight is 376 g/mol. The minimum atomic E-state index is -0.175. The van der Waals surface area contributed by atoms with Gasteiger partial charge in [-0.2, -0.15) is 0 Å². The number of piperidine rings is 3. The van der Waals surface area contributed by atoms with E-state index in [9.17, 15) is 4.79 Å². The van der Waals surface area contributed by atoms with Crippen molar-refractivity contribution in [3.8, 4) is 5.75 Å². The lowest BCUT2D eigenvalue weighted by molar-refractivity contribution is 0.0612. The summed E-state index contributed by atoms with van der Waals surface area (Å²) in [4.78, 5) is 15.5. The summed E-state index contributed by atoms with van der Waals surface area (Å²) in [7, 11) is 0. The fraction of sp³-hybridized carbons (Fsp3) is 0.650. The number of nitrogens with zero attached hydrogens (tertiary/aromatic N) is 1. The van der Waals surface area contributed by atoms with Crippen molar-refractivity contribution in [2.45, 2.75) is 56.6 Å². The highest BCUT2D eigenvalue weighted by atomic mass is 35.5. The number of halogens is 1. The third kappa shape index (κ3) is 2.59. The molecule has 3 N–H and O–H groups in total. The van der Waals surface area contributed by atoms with Crippen LogP contribution in [0.4, 0.5) is 5.69 Å². The maximum absolute atomic E-state index is 13.1. The van der Waals surface area contributed by atoms with Crippen molar-refractivity contribution >= 4 is 23.2 Å². The van der Waals surface area contributed by atoms with Crippen LogP contribution in [0.2, 0.25) is 5.02 Å². The van der Waals surface area contributed by atoms with Crippen LogP contribution in [0.1, 0.15) is 54.4 Å². The first-order valence-corrected chi connectivity index (χ1v) is 10.3. The second-order valence-corrected chi connectivity index (χ2v) is 8.92. The lowest BCUT2D eigenvalue weighted by Gasteiger charge is -2.44. The zero-order chi connectivity index (χ0) is 17.9. The fourth-order valence-corrected chi connectivity index (χ4v) is 5.63. The summed E-state index contributed by atoms with van der Waals surface area (Å²) < 4.78 is 6.38. The number of anilines is 1. The monoisotopic (exact) mass is 375 g/mol. The summed E-state index contributed by atoms with van der Waals surface area (Å²) in [5.74, 6) is 1.19. The first-order valence-electron chi connectivity index (χ1n) is 9.88. The smallest absolute Gasteiger partial charge is 0.255 e. The molecule has 1 spiro atoms. The van der Waals surface area contributed by atoms with Crippen molar-refractivity contribution in [2.24, 2.45) is 5.92 Å². The van der Waals surface area contributed by atoms with E-state index in [1.54, 1.807) is 6.07 Å². The van der Waals surface area contributed by atoms with Crippen LogP contribution in [0.5, 0.6) is 5.75 Å². The molecule has 6 heteroatoms. The summed E-state index contributed by atoms with van der Waals surface area (Å²) in [5, 5.41) is 3.72. The Morgan fingerprint density at radius 2 is 2.04 bits per heavy atom. The Kier molecular flexibility index (Phi) is 3.87. The van der Waals surface area contributed by atoms with Crippen molar-refractivity contribution in [1.29, 1.82) is 0 Å². The number of amides is 1. The van der Waals surface area contributed by atoms with Crippen molar-refractivity contribution < 1.29 is 9.53 Å². The van der Waals surface area contributed by atoms with Gasteiger partial charge in [0.15, 0.2) is 0 Å². The molecule has 4 aliphatic heterocycles. The molecule has 6 rings (SSSR count). The molecule has 1 atom stereocenters. The van der Waals surface area contributed by atoms with Gasteiger partial charge in [0.25, 0.3) is 5.91 Å². The topological polar surface area (TPSA) is 67.6 Å². The van der Waals surface area contributed by atoms with E-state index in [-0.39, 0.29) is 17.6 Å². The quantitative estimate of drug-likeness (QED) is 0.780. The molecular formula is C20H26ClN3O2. The normalized spacial score (nSPS) is 31.0. The third-order valence-electron chi connectivity index (χ3n) is 6.92. The third-order valence-corrected chi connectivity index (χ3v) is 7.23.